The topological polar surface area (TPSA) is 3.01 Å². The Morgan fingerprint density at radius 1 is 0.674 bits per heavy atom. The Hall–Kier alpha value is -3.71. The zero-order valence-corrected chi connectivity index (χ0v) is 27.1. The van der Waals surface area contributed by atoms with Gasteiger partial charge in [-0.1, -0.05) is 137 Å². The molecule has 0 radical (unpaired) electrons. The minimum Gasteiger partial charge on any atom is -0.195 e. The number of fused-ring (bicyclic) bond motifs is 6. The summed E-state index contributed by atoms with van der Waals surface area (Å²) in [6.07, 6.45) is 17.7. The van der Waals surface area contributed by atoms with Crippen molar-refractivity contribution in [2.24, 2.45) is 0 Å². The molecule has 0 bridgehead atoms. The maximum atomic E-state index is 2.58. The van der Waals surface area contributed by atoms with Crippen molar-refractivity contribution in [2.75, 3.05) is 6.54 Å². The summed E-state index contributed by atoms with van der Waals surface area (Å²) in [5.74, 6) is 0.485. The number of nitrogens with zero attached hydrogens (tertiary/aromatic N) is 1. The number of benzene rings is 4. The highest BCUT2D eigenvalue weighted by Gasteiger charge is 2.45. The zero-order chi connectivity index (χ0) is 30.2. The summed E-state index contributed by atoms with van der Waals surface area (Å²) in [4.78, 5) is 0. The molecule has 4 aromatic rings. The van der Waals surface area contributed by atoms with Gasteiger partial charge in [0, 0.05) is 35.5 Å². The molecule has 43 heavy (non-hydrogen) atoms. The van der Waals surface area contributed by atoms with E-state index < -0.39 is 0 Å². The van der Waals surface area contributed by atoms with Crippen molar-refractivity contribution in [1.82, 2.24) is 0 Å². The second-order valence-electron chi connectivity index (χ2n) is 13.6. The quantitative estimate of drug-likeness (QED) is 0.140. The van der Waals surface area contributed by atoms with Crippen molar-refractivity contribution < 1.29 is 4.58 Å². The summed E-state index contributed by atoms with van der Waals surface area (Å²) in [6, 6.07) is 27.2. The zero-order valence-electron chi connectivity index (χ0n) is 27.1. The Morgan fingerprint density at radius 3 is 2.02 bits per heavy atom. The van der Waals surface area contributed by atoms with Gasteiger partial charge in [-0.2, -0.15) is 4.58 Å². The van der Waals surface area contributed by atoms with Gasteiger partial charge in [0.05, 0.1) is 5.41 Å². The first kappa shape index (κ1) is 29.4. The maximum absolute atomic E-state index is 2.58. The van der Waals surface area contributed by atoms with Gasteiger partial charge in [0.1, 0.15) is 6.54 Å². The van der Waals surface area contributed by atoms with E-state index in [1.54, 1.807) is 5.57 Å². The lowest BCUT2D eigenvalue weighted by Crippen LogP contribution is -2.28. The number of hydrogen-bond donors (Lipinski definition) is 0. The summed E-state index contributed by atoms with van der Waals surface area (Å²) in [5.41, 5.74) is 8.79. The van der Waals surface area contributed by atoms with Crippen molar-refractivity contribution in [3.05, 3.63) is 125 Å². The summed E-state index contributed by atoms with van der Waals surface area (Å²) < 4.78 is 2.58. The molecule has 1 heterocycles. The van der Waals surface area contributed by atoms with Crippen LogP contribution in [0.1, 0.15) is 96.3 Å². The third-order valence-corrected chi connectivity index (χ3v) is 10.1. The molecule has 0 aromatic heterocycles. The lowest BCUT2D eigenvalue weighted by Gasteiger charge is -2.25. The number of allylic oxidation sites excluding steroid dienone is 6. The van der Waals surface area contributed by atoms with Gasteiger partial charge in [0.15, 0.2) is 5.71 Å². The molecule has 6 rings (SSSR count). The van der Waals surface area contributed by atoms with E-state index in [4.69, 9.17) is 0 Å². The molecule has 0 saturated heterocycles. The predicted octanol–water partition coefficient (Wildman–Crippen LogP) is 11.5. The Labute approximate surface area is 259 Å². The first-order valence-electron chi connectivity index (χ1n) is 16.6. The molecule has 1 aliphatic carbocycles. The Kier molecular flexibility index (Phi) is 8.03. The number of rotatable bonds is 9. The van der Waals surface area contributed by atoms with E-state index >= 15 is 0 Å². The molecule has 1 unspecified atom stereocenters. The smallest absolute Gasteiger partial charge is 0.195 e. The molecule has 1 aliphatic heterocycles. The molecule has 1 nitrogen and oxygen atoms in total. The molecule has 1 heteroatoms. The van der Waals surface area contributed by atoms with E-state index in [0.717, 1.165) is 6.54 Å². The monoisotopic (exact) mass is 566 g/mol. The summed E-state index contributed by atoms with van der Waals surface area (Å²) in [5, 5.41) is 5.47. The van der Waals surface area contributed by atoms with E-state index in [1.807, 2.05) is 0 Å². The number of hydrogen-bond acceptors (Lipinski definition) is 0. The van der Waals surface area contributed by atoms with Crippen molar-refractivity contribution in [2.45, 2.75) is 90.4 Å². The standard InChI is InChI=1S/C42H48N/c1-7-9-20-34-35-27-25-30-18-14-16-21-32(30)39(35)41(3,4)36(34)23-12-11-13-24-38-42(5,6)40-33-22-17-15-19-31(33)26-28-37(40)43(38)29-10-8-2/h11-19,21-28,34H,7-10,20,29H2,1-6H3/q+1. The van der Waals surface area contributed by atoms with E-state index in [0.29, 0.717) is 5.92 Å². The van der Waals surface area contributed by atoms with Crippen molar-refractivity contribution in [3.63, 3.8) is 0 Å². The molecule has 0 spiro atoms. The lowest BCUT2D eigenvalue weighted by atomic mass is 9.78. The van der Waals surface area contributed by atoms with Gasteiger partial charge in [-0.3, -0.25) is 0 Å². The van der Waals surface area contributed by atoms with Crippen molar-refractivity contribution in [3.8, 4) is 0 Å². The third-order valence-electron chi connectivity index (χ3n) is 10.1. The molecule has 4 aromatic carbocycles. The van der Waals surface area contributed by atoms with Crippen LogP contribution in [0.15, 0.2) is 109 Å². The van der Waals surface area contributed by atoms with Crippen LogP contribution in [0.2, 0.25) is 0 Å². The van der Waals surface area contributed by atoms with Gasteiger partial charge >= 0.3 is 0 Å². The van der Waals surface area contributed by atoms with Crippen LogP contribution in [0.25, 0.3) is 21.5 Å². The average molecular weight is 567 g/mol. The lowest BCUT2D eigenvalue weighted by molar-refractivity contribution is -0.438. The van der Waals surface area contributed by atoms with E-state index in [2.05, 4.69) is 149 Å². The van der Waals surface area contributed by atoms with Crippen LogP contribution in [0, 0.1) is 0 Å². The molecule has 1 atom stereocenters. The normalized spacial score (nSPS) is 19.9. The minimum absolute atomic E-state index is 0.00447. The van der Waals surface area contributed by atoms with Gasteiger partial charge in [-0.05, 0) is 59.0 Å². The molecule has 0 N–H and O–H groups in total. The molecule has 0 amide bonds. The van der Waals surface area contributed by atoms with Gasteiger partial charge in [0.25, 0.3) is 0 Å². The largest absolute Gasteiger partial charge is 0.210 e. The predicted molar refractivity (Wildman–Crippen MR) is 187 cm³/mol. The van der Waals surface area contributed by atoms with Crippen molar-refractivity contribution >= 4 is 32.9 Å². The number of unbranched alkanes of at least 4 members (excludes halogenated alkanes) is 2. The van der Waals surface area contributed by atoms with Crippen LogP contribution < -0.4 is 0 Å². The van der Waals surface area contributed by atoms with E-state index in [9.17, 15) is 0 Å². The fourth-order valence-electron chi connectivity index (χ4n) is 8.03. The first-order chi connectivity index (χ1) is 20.8. The second-order valence-corrected chi connectivity index (χ2v) is 13.6. The Balaban J connectivity index is 1.35. The van der Waals surface area contributed by atoms with Crippen LogP contribution in [0.4, 0.5) is 5.69 Å². The highest BCUT2D eigenvalue weighted by molar-refractivity contribution is 6.07. The van der Waals surface area contributed by atoms with E-state index in [-0.39, 0.29) is 10.8 Å². The van der Waals surface area contributed by atoms with Gasteiger partial charge in [0.2, 0.25) is 5.69 Å². The van der Waals surface area contributed by atoms with Gasteiger partial charge in [-0.15, -0.1) is 0 Å². The molecule has 2 aliphatic rings. The fourth-order valence-corrected chi connectivity index (χ4v) is 8.03. The first-order valence-corrected chi connectivity index (χ1v) is 16.6. The Bertz CT molecular complexity index is 1790. The average Bonchev–Trinajstić information content (AvgIpc) is 3.37. The maximum Gasteiger partial charge on any atom is 0.210 e. The second kappa shape index (κ2) is 11.8. The van der Waals surface area contributed by atoms with E-state index in [1.165, 1.54) is 81.7 Å². The summed E-state index contributed by atoms with van der Waals surface area (Å²) in [7, 11) is 0. The van der Waals surface area contributed by atoms with Crippen LogP contribution in [0.5, 0.6) is 0 Å². The Morgan fingerprint density at radius 2 is 1.33 bits per heavy atom. The van der Waals surface area contributed by atoms with Crippen LogP contribution in [-0.2, 0) is 10.8 Å². The minimum atomic E-state index is -0.0614. The van der Waals surface area contributed by atoms with Gasteiger partial charge in [-0.25, -0.2) is 0 Å². The fraction of sp³-hybridized carbons (Fsp3) is 0.357. The molecule has 220 valence electrons. The molecule has 0 saturated carbocycles. The summed E-state index contributed by atoms with van der Waals surface area (Å²) >= 11 is 0. The highest BCUT2D eigenvalue weighted by Crippen LogP contribution is 2.54. The molecule has 0 fully saturated rings. The molecular formula is C42H48N+. The molecular weight excluding hydrogens is 518 g/mol. The van der Waals surface area contributed by atoms with Crippen LogP contribution >= 0.6 is 0 Å². The van der Waals surface area contributed by atoms with Crippen LogP contribution in [-0.4, -0.2) is 16.8 Å². The van der Waals surface area contributed by atoms with Crippen molar-refractivity contribution in [1.29, 1.82) is 0 Å². The SMILES string of the molecule is CCCCC1C(=CC=CC=CC2=[N+](CCCC)c3ccc4ccccc4c3C2(C)C)C(C)(C)c2c1ccc1ccccc21. The summed E-state index contributed by atoms with van der Waals surface area (Å²) in [6.45, 7) is 15.3. The van der Waals surface area contributed by atoms with Crippen LogP contribution in [0.3, 0.4) is 0 Å². The third kappa shape index (κ3) is 5.01. The highest BCUT2D eigenvalue weighted by atomic mass is 15.1. The van der Waals surface area contributed by atoms with Gasteiger partial charge < -0.3 is 0 Å².